The first-order valence-corrected chi connectivity index (χ1v) is 7.17. The number of carbonyl (C=O) groups is 2. The zero-order chi connectivity index (χ0) is 16.1. The van der Waals surface area contributed by atoms with E-state index in [0.717, 1.165) is 18.4 Å². The van der Waals surface area contributed by atoms with Gasteiger partial charge in [-0.1, -0.05) is 19.1 Å². The molecule has 1 amide bonds. The Morgan fingerprint density at radius 2 is 1.86 bits per heavy atom. The third-order valence-corrected chi connectivity index (χ3v) is 3.42. The molecule has 5 heteroatoms. The van der Waals surface area contributed by atoms with Gasteiger partial charge in [0.1, 0.15) is 5.76 Å². The van der Waals surface area contributed by atoms with Crippen LogP contribution in [0.25, 0.3) is 0 Å². The quantitative estimate of drug-likeness (QED) is 0.889. The number of carboxylic acid groups (broad SMARTS) is 1. The van der Waals surface area contributed by atoms with Gasteiger partial charge in [0.15, 0.2) is 0 Å². The molecule has 0 saturated heterocycles. The van der Waals surface area contributed by atoms with Crippen LogP contribution >= 0.6 is 0 Å². The highest BCUT2D eigenvalue weighted by Crippen LogP contribution is 2.16. The van der Waals surface area contributed by atoms with Gasteiger partial charge in [0.05, 0.1) is 17.4 Å². The van der Waals surface area contributed by atoms with E-state index in [0.29, 0.717) is 17.9 Å². The first-order chi connectivity index (χ1) is 10.5. The normalized spacial score (nSPS) is 10.5. The molecule has 0 radical (unpaired) electrons. The number of aromatic carboxylic acids is 1. The summed E-state index contributed by atoms with van der Waals surface area (Å²) >= 11 is 0. The molecule has 2 aromatic rings. The van der Waals surface area contributed by atoms with Crippen LogP contribution in [0.4, 0.5) is 0 Å². The van der Waals surface area contributed by atoms with Gasteiger partial charge in [-0.05, 0) is 30.2 Å². The molecular weight excluding hydrogens is 282 g/mol. The number of hydrogen-bond acceptors (Lipinski definition) is 3. The van der Waals surface area contributed by atoms with Gasteiger partial charge in [-0.15, -0.1) is 0 Å². The number of amides is 1. The van der Waals surface area contributed by atoms with E-state index in [1.807, 2.05) is 6.92 Å². The minimum atomic E-state index is -0.960. The first kappa shape index (κ1) is 15.8. The van der Waals surface area contributed by atoms with Gasteiger partial charge in [-0.25, -0.2) is 4.79 Å². The summed E-state index contributed by atoms with van der Waals surface area (Å²) in [4.78, 5) is 24.9. The van der Waals surface area contributed by atoms with E-state index in [9.17, 15) is 9.59 Å². The molecule has 116 valence electrons. The third kappa shape index (κ3) is 3.55. The van der Waals surface area contributed by atoms with Crippen molar-refractivity contribution in [1.29, 1.82) is 0 Å². The number of nitrogens with zero attached hydrogens (tertiary/aromatic N) is 1. The molecule has 1 N–H and O–H groups in total. The fraction of sp³-hybridized carbons (Fsp3) is 0.294. The molecule has 0 atom stereocenters. The van der Waals surface area contributed by atoms with Crippen LogP contribution in [0.1, 0.15) is 45.4 Å². The van der Waals surface area contributed by atoms with E-state index < -0.39 is 5.97 Å². The Labute approximate surface area is 129 Å². The highest BCUT2D eigenvalue weighted by molar-refractivity contribution is 5.95. The lowest BCUT2D eigenvalue weighted by Crippen LogP contribution is -2.26. The number of carbonyl (C=O) groups excluding carboxylic acids is 1. The molecule has 0 aliphatic carbocycles. The van der Waals surface area contributed by atoms with Crippen molar-refractivity contribution in [2.75, 3.05) is 7.05 Å². The monoisotopic (exact) mass is 301 g/mol. The maximum Gasteiger partial charge on any atom is 0.335 e. The maximum atomic E-state index is 12.5. The lowest BCUT2D eigenvalue weighted by molar-refractivity contribution is 0.0695. The second-order valence-electron chi connectivity index (χ2n) is 5.17. The summed E-state index contributed by atoms with van der Waals surface area (Å²) in [5.74, 6) is -0.348. The minimum Gasteiger partial charge on any atom is -0.478 e. The molecular formula is C17H19NO4. The van der Waals surface area contributed by atoms with Crippen molar-refractivity contribution in [3.8, 4) is 0 Å². The Kier molecular flexibility index (Phi) is 4.99. The van der Waals surface area contributed by atoms with E-state index in [1.54, 1.807) is 30.1 Å². The summed E-state index contributed by atoms with van der Waals surface area (Å²) < 4.78 is 5.36. The van der Waals surface area contributed by atoms with Crippen LogP contribution < -0.4 is 0 Å². The average Bonchev–Trinajstić information content (AvgIpc) is 2.95. The van der Waals surface area contributed by atoms with Crippen LogP contribution in [0.15, 0.2) is 41.0 Å². The topological polar surface area (TPSA) is 70.8 Å². The Hall–Kier alpha value is -2.56. The van der Waals surface area contributed by atoms with Crippen molar-refractivity contribution in [2.24, 2.45) is 0 Å². The standard InChI is InChI=1S/C17H19NO4/c1-3-4-15-14(9-10-22-15)16(19)18(2)11-12-5-7-13(8-6-12)17(20)21/h5-10H,3-4,11H2,1-2H3,(H,20,21). The Morgan fingerprint density at radius 1 is 1.18 bits per heavy atom. The zero-order valence-electron chi connectivity index (χ0n) is 12.7. The lowest BCUT2D eigenvalue weighted by Gasteiger charge is -2.17. The Bertz CT molecular complexity index is 658. The highest BCUT2D eigenvalue weighted by atomic mass is 16.4. The summed E-state index contributed by atoms with van der Waals surface area (Å²) in [5, 5.41) is 8.88. The molecule has 0 fully saturated rings. The zero-order valence-corrected chi connectivity index (χ0v) is 12.7. The molecule has 1 heterocycles. The number of hydrogen-bond donors (Lipinski definition) is 1. The SMILES string of the molecule is CCCc1occc1C(=O)N(C)Cc1ccc(C(=O)O)cc1. The molecule has 0 unspecified atom stereocenters. The van der Waals surface area contributed by atoms with Gasteiger partial charge >= 0.3 is 5.97 Å². The number of benzene rings is 1. The van der Waals surface area contributed by atoms with Crippen LogP contribution in [0, 0.1) is 0 Å². The fourth-order valence-electron chi connectivity index (χ4n) is 2.26. The molecule has 1 aromatic heterocycles. The largest absolute Gasteiger partial charge is 0.478 e. The second kappa shape index (κ2) is 6.93. The van der Waals surface area contributed by atoms with Gasteiger partial charge in [0.25, 0.3) is 5.91 Å². The molecule has 2 rings (SSSR count). The van der Waals surface area contributed by atoms with Crippen molar-refractivity contribution in [3.63, 3.8) is 0 Å². The molecule has 0 spiro atoms. The summed E-state index contributed by atoms with van der Waals surface area (Å²) in [6.07, 6.45) is 3.18. The summed E-state index contributed by atoms with van der Waals surface area (Å²) in [7, 11) is 1.72. The smallest absolute Gasteiger partial charge is 0.335 e. The Balaban J connectivity index is 2.07. The molecule has 5 nitrogen and oxygen atoms in total. The third-order valence-electron chi connectivity index (χ3n) is 3.42. The molecule has 0 saturated carbocycles. The van der Waals surface area contributed by atoms with Crippen LogP contribution in [0.5, 0.6) is 0 Å². The molecule has 22 heavy (non-hydrogen) atoms. The van der Waals surface area contributed by atoms with Crippen molar-refractivity contribution < 1.29 is 19.1 Å². The van der Waals surface area contributed by atoms with Crippen molar-refractivity contribution in [3.05, 3.63) is 59.0 Å². The maximum absolute atomic E-state index is 12.5. The predicted octanol–water partition coefficient (Wildman–Crippen LogP) is 3.20. The first-order valence-electron chi connectivity index (χ1n) is 7.17. The van der Waals surface area contributed by atoms with E-state index in [2.05, 4.69) is 0 Å². The van der Waals surface area contributed by atoms with Gasteiger partial charge in [0.2, 0.25) is 0 Å². The van der Waals surface area contributed by atoms with E-state index >= 15 is 0 Å². The summed E-state index contributed by atoms with van der Waals surface area (Å²) in [6, 6.07) is 8.20. The molecule has 0 bridgehead atoms. The van der Waals surface area contributed by atoms with E-state index in [-0.39, 0.29) is 11.5 Å². The van der Waals surface area contributed by atoms with Gasteiger partial charge in [-0.3, -0.25) is 4.79 Å². The van der Waals surface area contributed by atoms with Gasteiger partial charge in [-0.2, -0.15) is 0 Å². The Morgan fingerprint density at radius 3 is 2.45 bits per heavy atom. The number of aryl methyl sites for hydroxylation is 1. The lowest BCUT2D eigenvalue weighted by atomic mass is 10.1. The highest BCUT2D eigenvalue weighted by Gasteiger charge is 2.18. The number of furan rings is 1. The average molecular weight is 301 g/mol. The van der Waals surface area contributed by atoms with Crippen molar-refractivity contribution >= 4 is 11.9 Å². The van der Waals surface area contributed by atoms with Crippen LogP contribution in [0.2, 0.25) is 0 Å². The van der Waals surface area contributed by atoms with E-state index in [4.69, 9.17) is 9.52 Å². The predicted molar refractivity (Wildman–Crippen MR) is 81.9 cm³/mol. The van der Waals surface area contributed by atoms with Crippen molar-refractivity contribution in [2.45, 2.75) is 26.3 Å². The number of carboxylic acids is 1. The van der Waals surface area contributed by atoms with Gasteiger partial charge in [0, 0.05) is 20.0 Å². The second-order valence-corrected chi connectivity index (χ2v) is 5.17. The molecule has 1 aromatic carbocycles. The minimum absolute atomic E-state index is 0.0977. The van der Waals surface area contributed by atoms with E-state index in [1.165, 1.54) is 18.4 Å². The summed E-state index contributed by atoms with van der Waals surface area (Å²) in [6.45, 7) is 2.44. The van der Waals surface area contributed by atoms with Crippen LogP contribution in [-0.2, 0) is 13.0 Å². The molecule has 0 aliphatic heterocycles. The number of rotatable bonds is 6. The van der Waals surface area contributed by atoms with Crippen molar-refractivity contribution in [1.82, 2.24) is 4.90 Å². The van der Waals surface area contributed by atoms with Gasteiger partial charge < -0.3 is 14.4 Å². The van der Waals surface area contributed by atoms with Crippen LogP contribution in [-0.4, -0.2) is 28.9 Å². The molecule has 0 aliphatic rings. The summed E-state index contributed by atoms with van der Waals surface area (Å²) in [5.41, 5.74) is 1.70. The van der Waals surface area contributed by atoms with Crippen LogP contribution in [0.3, 0.4) is 0 Å². The fourth-order valence-corrected chi connectivity index (χ4v) is 2.26.